The first-order chi connectivity index (χ1) is 13.2. The number of hydrogen-bond donors (Lipinski definition) is 2. The second-order valence-electron chi connectivity index (χ2n) is 6.00. The minimum atomic E-state index is -4.61. The number of rotatable bonds is 5. The Hall–Kier alpha value is -3.49. The number of carboxylic acid groups (broad SMARTS) is 1. The average molecular weight is 389 g/mol. The van der Waals surface area contributed by atoms with Gasteiger partial charge in [0.15, 0.2) is 0 Å². The lowest BCUT2D eigenvalue weighted by Gasteiger charge is -2.15. The number of amides is 1. The maximum atomic E-state index is 12.8. The normalized spacial score (nSPS) is 12.5. The molecule has 0 unspecified atom stereocenters. The molecular formula is C19H14F3N3O3. The van der Waals surface area contributed by atoms with Crippen LogP contribution < -0.4 is 5.32 Å². The second kappa shape index (κ2) is 7.63. The van der Waals surface area contributed by atoms with Crippen LogP contribution >= 0.6 is 0 Å². The summed E-state index contributed by atoms with van der Waals surface area (Å²) in [6, 6.07) is 9.38. The molecule has 3 rings (SSSR count). The third kappa shape index (κ3) is 4.43. The minimum absolute atomic E-state index is 0.169. The lowest BCUT2D eigenvalue weighted by molar-refractivity contribution is -0.139. The van der Waals surface area contributed by atoms with Gasteiger partial charge in [-0.3, -0.25) is 9.78 Å². The number of benzene rings is 2. The average Bonchev–Trinajstić information content (AvgIpc) is 2.66. The van der Waals surface area contributed by atoms with Crippen molar-refractivity contribution in [1.82, 2.24) is 15.3 Å². The molecule has 0 fully saturated rings. The fourth-order valence-electron chi connectivity index (χ4n) is 2.58. The number of alkyl halides is 3. The molecule has 144 valence electrons. The van der Waals surface area contributed by atoms with Crippen LogP contribution in [0.2, 0.25) is 0 Å². The summed E-state index contributed by atoms with van der Waals surface area (Å²) in [5, 5.41) is 11.6. The van der Waals surface area contributed by atoms with Gasteiger partial charge in [-0.15, -0.1) is 0 Å². The van der Waals surface area contributed by atoms with E-state index in [2.05, 4.69) is 15.3 Å². The number of para-hydroxylation sites is 2. The van der Waals surface area contributed by atoms with Gasteiger partial charge in [-0.1, -0.05) is 18.2 Å². The molecule has 0 saturated carbocycles. The summed E-state index contributed by atoms with van der Waals surface area (Å²) >= 11 is 0. The zero-order chi connectivity index (χ0) is 20.3. The van der Waals surface area contributed by atoms with E-state index >= 15 is 0 Å². The van der Waals surface area contributed by atoms with Gasteiger partial charge in [-0.2, -0.15) is 13.2 Å². The van der Waals surface area contributed by atoms with Crippen molar-refractivity contribution >= 4 is 22.9 Å². The van der Waals surface area contributed by atoms with Gasteiger partial charge in [0.1, 0.15) is 6.04 Å². The Morgan fingerprint density at radius 1 is 1.07 bits per heavy atom. The van der Waals surface area contributed by atoms with E-state index in [1.165, 1.54) is 12.3 Å². The smallest absolute Gasteiger partial charge is 0.416 e. The minimum Gasteiger partial charge on any atom is -0.480 e. The van der Waals surface area contributed by atoms with Crippen LogP contribution in [0.15, 0.2) is 54.7 Å². The maximum Gasteiger partial charge on any atom is 0.416 e. The number of nitrogens with zero attached hydrogens (tertiary/aromatic N) is 2. The monoisotopic (exact) mass is 389 g/mol. The number of carbonyl (C=O) groups excluding carboxylic acids is 1. The van der Waals surface area contributed by atoms with Crippen molar-refractivity contribution in [3.05, 3.63) is 71.5 Å². The fraction of sp³-hybridized carbons (Fsp3) is 0.158. The van der Waals surface area contributed by atoms with E-state index in [0.29, 0.717) is 22.8 Å². The molecule has 2 aromatic carbocycles. The van der Waals surface area contributed by atoms with Crippen LogP contribution in [-0.2, 0) is 17.4 Å². The van der Waals surface area contributed by atoms with E-state index in [4.69, 9.17) is 0 Å². The number of carbonyl (C=O) groups is 2. The first-order valence-electron chi connectivity index (χ1n) is 8.15. The summed E-state index contributed by atoms with van der Waals surface area (Å²) < 4.78 is 38.4. The molecule has 1 atom stereocenters. The van der Waals surface area contributed by atoms with Crippen LogP contribution in [0.4, 0.5) is 13.2 Å². The van der Waals surface area contributed by atoms with E-state index in [0.717, 1.165) is 12.1 Å². The number of hydrogen-bond acceptors (Lipinski definition) is 4. The van der Waals surface area contributed by atoms with Crippen molar-refractivity contribution in [3.8, 4) is 0 Å². The summed E-state index contributed by atoms with van der Waals surface area (Å²) in [6.07, 6.45) is -3.38. The molecule has 6 nitrogen and oxygen atoms in total. The maximum absolute atomic E-state index is 12.8. The van der Waals surface area contributed by atoms with Gasteiger partial charge >= 0.3 is 12.1 Å². The molecule has 0 aliphatic carbocycles. The molecule has 0 aliphatic rings. The Balaban J connectivity index is 1.79. The Kier molecular flexibility index (Phi) is 5.25. The van der Waals surface area contributed by atoms with Crippen LogP contribution in [0.25, 0.3) is 11.0 Å². The number of halogens is 3. The molecule has 0 aliphatic heterocycles. The quantitative estimate of drug-likeness (QED) is 0.700. The summed E-state index contributed by atoms with van der Waals surface area (Å²) in [4.78, 5) is 32.3. The standard InChI is InChI=1S/C19H14F3N3O3/c20-19(21,22)12-5-3-4-11(8-12)17(26)25-16(18(27)28)9-13-10-23-14-6-1-2-7-15(14)24-13/h1-8,10,16H,9H2,(H,25,26)(H,27,28)/t16-/m0/s1. The van der Waals surface area contributed by atoms with E-state index in [9.17, 15) is 27.9 Å². The van der Waals surface area contributed by atoms with Gasteiger partial charge in [0, 0.05) is 18.2 Å². The van der Waals surface area contributed by atoms with Crippen molar-refractivity contribution in [2.45, 2.75) is 18.6 Å². The largest absolute Gasteiger partial charge is 0.480 e. The molecule has 0 saturated heterocycles. The molecule has 1 amide bonds. The van der Waals surface area contributed by atoms with Gasteiger partial charge in [0.2, 0.25) is 0 Å². The highest BCUT2D eigenvalue weighted by Crippen LogP contribution is 2.29. The van der Waals surface area contributed by atoms with E-state index < -0.39 is 29.7 Å². The van der Waals surface area contributed by atoms with E-state index in [1.807, 2.05) is 0 Å². The third-order valence-corrected chi connectivity index (χ3v) is 3.97. The van der Waals surface area contributed by atoms with Gasteiger partial charge in [0.25, 0.3) is 5.91 Å². The molecule has 28 heavy (non-hydrogen) atoms. The van der Waals surface area contributed by atoms with Crippen LogP contribution in [0, 0.1) is 0 Å². The van der Waals surface area contributed by atoms with E-state index in [1.54, 1.807) is 24.3 Å². The zero-order valence-corrected chi connectivity index (χ0v) is 14.3. The zero-order valence-electron chi connectivity index (χ0n) is 14.3. The lowest BCUT2D eigenvalue weighted by atomic mass is 10.1. The van der Waals surface area contributed by atoms with Crippen molar-refractivity contribution in [2.75, 3.05) is 0 Å². The number of carboxylic acids is 1. The molecular weight excluding hydrogens is 375 g/mol. The number of aromatic nitrogens is 2. The molecule has 0 spiro atoms. The summed E-state index contributed by atoms with van der Waals surface area (Å²) in [6.45, 7) is 0. The van der Waals surface area contributed by atoms with Crippen molar-refractivity contribution in [2.24, 2.45) is 0 Å². The number of nitrogens with one attached hydrogen (secondary N) is 1. The van der Waals surface area contributed by atoms with Crippen molar-refractivity contribution in [1.29, 1.82) is 0 Å². The van der Waals surface area contributed by atoms with Gasteiger partial charge in [-0.25, -0.2) is 9.78 Å². The molecule has 1 heterocycles. The Bertz CT molecular complexity index is 1040. The number of aliphatic carboxylic acids is 1. The van der Waals surface area contributed by atoms with Crippen LogP contribution in [-0.4, -0.2) is 33.0 Å². The molecule has 2 N–H and O–H groups in total. The van der Waals surface area contributed by atoms with Gasteiger partial charge in [-0.05, 0) is 30.3 Å². The predicted octanol–water partition coefficient (Wildman–Crippen LogP) is 3.07. The third-order valence-electron chi connectivity index (χ3n) is 3.97. The topological polar surface area (TPSA) is 92.2 Å². The van der Waals surface area contributed by atoms with Crippen LogP contribution in [0.1, 0.15) is 21.6 Å². The van der Waals surface area contributed by atoms with Crippen LogP contribution in [0.5, 0.6) is 0 Å². The SMILES string of the molecule is O=C(N[C@@H](Cc1cnc2ccccc2n1)C(=O)O)c1cccc(C(F)(F)F)c1. The molecule has 3 aromatic rings. The second-order valence-corrected chi connectivity index (χ2v) is 6.00. The highest BCUT2D eigenvalue weighted by atomic mass is 19.4. The molecule has 9 heteroatoms. The predicted molar refractivity (Wildman–Crippen MR) is 93.6 cm³/mol. The molecule has 0 bridgehead atoms. The van der Waals surface area contributed by atoms with Gasteiger partial charge in [0.05, 0.1) is 22.3 Å². The number of fused-ring (bicyclic) bond motifs is 1. The van der Waals surface area contributed by atoms with Crippen LogP contribution in [0.3, 0.4) is 0 Å². The fourth-order valence-corrected chi connectivity index (χ4v) is 2.58. The Morgan fingerprint density at radius 3 is 2.46 bits per heavy atom. The van der Waals surface area contributed by atoms with E-state index in [-0.39, 0.29) is 12.0 Å². The van der Waals surface area contributed by atoms with Crippen molar-refractivity contribution in [3.63, 3.8) is 0 Å². The highest BCUT2D eigenvalue weighted by molar-refractivity contribution is 5.96. The Labute approximate surface area is 157 Å². The summed E-state index contributed by atoms with van der Waals surface area (Å²) in [7, 11) is 0. The van der Waals surface area contributed by atoms with Gasteiger partial charge < -0.3 is 10.4 Å². The highest BCUT2D eigenvalue weighted by Gasteiger charge is 2.31. The first kappa shape index (κ1) is 19.3. The molecule has 0 radical (unpaired) electrons. The summed E-state index contributed by atoms with van der Waals surface area (Å²) in [5.41, 5.74) is 0.244. The summed E-state index contributed by atoms with van der Waals surface area (Å²) in [5.74, 6) is -2.26. The first-order valence-corrected chi connectivity index (χ1v) is 8.15. The molecule has 1 aromatic heterocycles. The Morgan fingerprint density at radius 2 is 1.79 bits per heavy atom. The lowest BCUT2D eigenvalue weighted by Crippen LogP contribution is -2.42. The van der Waals surface area contributed by atoms with Crippen molar-refractivity contribution < 1.29 is 27.9 Å².